The number of aromatic nitrogens is 2. The van der Waals surface area contributed by atoms with Crippen LogP contribution in [0.2, 0.25) is 0 Å². The maximum absolute atomic E-state index is 12.6. The zero-order chi connectivity index (χ0) is 17.6. The summed E-state index contributed by atoms with van der Waals surface area (Å²) in [4.78, 5) is 34.1. The summed E-state index contributed by atoms with van der Waals surface area (Å²) in [6.45, 7) is 4.10. The van der Waals surface area contributed by atoms with E-state index in [2.05, 4.69) is 22.2 Å². The van der Waals surface area contributed by atoms with Crippen molar-refractivity contribution in [2.75, 3.05) is 19.6 Å². The summed E-state index contributed by atoms with van der Waals surface area (Å²) in [5.41, 5.74) is 1.67. The van der Waals surface area contributed by atoms with Crippen LogP contribution in [0.15, 0.2) is 24.3 Å². The summed E-state index contributed by atoms with van der Waals surface area (Å²) < 4.78 is 0. The van der Waals surface area contributed by atoms with Crippen LogP contribution in [-0.2, 0) is 4.79 Å². The largest absolute Gasteiger partial charge is 0.356 e. The first-order valence-electron chi connectivity index (χ1n) is 9.20. The second-order valence-corrected chi connectivity index (χ2v) is 6.67. The Labute approximate surface area is 148 Å². The summed E-state index contributed by atoms with van der Waals surface area (Å²) in [7, 11) is 0. The van der Waals surface area contributed by atoms with Crippen molar-refractivity contribution in [1.82, 2.24) is 20.2 Å². The Morgan fingerprint density at radius 3 is 2.72 bits per heavy atom. The number of aromatic amines is 1. The van der Waals surface area contributed by atoms with Gasteiger partial charge in [0.1, 0.15) is 0 Å². The number of likely N-dealkylation sites (tertiary alicyclic amines) is 1. The third-order valence-corrected chi connectivity index (χ3v) is 4.82. The summed E-state index contributed by atoms with van der Waals surface area (Å²) in [6, 6.07) is 7.62. The molecule has 1 saturated heterocycles. The maximum Gasteiger partial charge on any atom is 0.289 e. The van der Waals surface area contributed by atoms with Gasteiger partial charge in [-0.25, -0.2) is 4.98 Å². The van der Waals surface area contributed by atoms with Crippen molar-refractivity contribution >= 4 is 22.8 Å². The van der Waals surface area contributed by atoms with Gasteiger partial charge in [0, 0.05) is 25.6 Å². The third-order valence-electron chi connectivity index (χ3n) is 4.82. The van der Waals surface area contributed by atoms with E-state index < -0.39 is 0 Å². The molecule has 1 fully saturated rings. The first-order valence-corrected chi connectivity index (χ1v) is 9.20. The van der Waals surface area contributed by atoms with Gasteiger partial charge in [-0.2, -0.15) is 0 Å². The lowest BCUT2D eigenvalue weighted by Gasteiger charge is -2.30. The first kappa shape index (κ1) is 17.5. The van der Waals surface area contributed by atoms with Crippen LogP contribution in [0.4, 0.5) is 0 Å². The highest BCUT2D eigenvalue weighted by atomic mass is 16.2. The molecule has 0 atom stereocenters. The molecule has 6 nitrogen and oxygen atoms in total. The molecule has 2 aromatic rings. The molecule has 0 saturated carbocycles. The number of nitrogens with zero attached hydrogens (tertiary/aromatic N) is 2. The SMILES string of the molecule is CCCCCNC(=O)C1CCN(C(=O)c2nc3ccccc3[nH]2)CC1. The molecule has 6 heteroatoms. The molecule has 1 aromatic carbocycles. The Kier molecular flexibility index (Phi) is 5.68. The number of carbonyl (C=O) groups is 2. The van der Waals surface area contributed by atoms with Gasteiger partial charge < -0.3 is 15.2 Å². The van der Waals surface area contributed by atoms with E-state index in [0.29, 0.717) is 31.8 Å². The van der Waals surface area contributed by atoms with E-state index in [1.165, 1.54) is 0 Å². The zero-order valence-electron chi connectivity index (χ0n) is 14.8. The molecule has 25 heavy (non-hydrogen) atoms. The minimum Gasteiger partial charge on any atom is -0.356 e. The molecule has 0 spiro atoms. The number of H-pyrrole nitrogens is 1. The lowest BCUT2D eigenvalue weighted by atomic mass is 9.95. The number of benzene rings is 1. The molecular weight excluding hydrogens is 316 g/mol. The van der Waals surface area contributed by atoms with E-state index >= 15 is 0 Å². The number of carbonyl (C=O) groups excluding carboxylic acids is 2. The number of rotatable bonds is 6. The Balaban J connectivity index is 1.51. The van der Waals surface area contributed by atoms with Gasteiger partial charge in [-0.15, -0.1) is 0 Å². The average Bonchev–Trinajstić information content (AvgIpc) is 3.09. The monoisotopic (exact) mass is 342 g/mol. The summed E-state index contributed by atoms with van der Waals surface area (Å²) in [5.74, 6) is 0.440. The van der Waals surface area contributed by atoms with Crippen LogP contribution < -0.4 is 5.32 Å². The first-order chi connectivity index (χ1) is 12.2. The number of piperidine rings is 1. The molecular formula is C19H26N4O2. The maximum atomic E-state index is 12.6. The third kappa shape index (κ3) is 4.18. The Hall–Kier alpha value is -2.37. The van der Waals surface area contributed by atoms with E-state index in [4.69, 9.17) is 0 Å². The van der Waals surface area contributed by atoms with Crippen molar-refractivity contribution < 1.29 is 9.59 Å². The highest BCUT2D eigenvalue weighted by molar-refractivity contribution is 5.94. The van der Waals surface area contributed by atoms with Crippen molar-refractivity contribution in [3.63, 3.8) is 0 Å². The molecule has 134 valence electrons. The topological polar surface area (TPSA) is 78.1 Å². The van der Waals surface area contributed by atoms with Crippen molar-refractivity contribution in [3.8, 4) is 0 Å². The van der Waals surface area contributed by atoms with Crippen LogP contribution in [0.5, 0.6) is 0 Å². The number of hydrogen-bond donors (Lipinski definition) is 2. The van der Waals surface area contributed by atoms with Gasteiger partial charge in [-0.3, -0.25) is 9.59 Å². The molecule has 2 amide bonds. The van der Waals surface area contributed by atoms with Gasteiger partial charge in [0.05, 0.1) is 11.0 Å². The number of amides is 2. The lowest BCUT2D eigenvalue weighted by Crippen LogP contribution is -2.43. The van der Waals surface area contributed by atoms with E-state index in [9.17, 15) is 9.59 Å². The fourth-order valence-electron chi connectivity index (χ4n) is 3.28. The van der Waals surface area contributed by atoms with Gasteiger partial charge in [-0.05, 0) is 31.4 Å². The Bertz CT molecular complexity index is 699. The van der Waals surface area contributed by atoms with Crippen LogP contribution in [0.25, 0.3) is 11.0 Å². The lowest BCUT2D eigenvalue weighted by molar-refractivity contribution is -0.126. The molecule has 0 bridgehead atoms. The number of hydrogen-bond acceptors (Lipinski definition) is 3. The minimum absolute atomic E-state index is 0.0151. The van der Waals surface area contributed by atoms with Crippen LogP contribution in [0.3, 0.4) is 0 Å². The van der Waals surface area contributed by atoms with Crippen LogP contribution in [0.1, 0.15) is 49.6 Å². The second kappa shape index (κ2) is 8.14. The molecule has 0 radical (unpaired) electrons. The number of unbranched alkanes of at least 4 members (excludes halogenated alkanes) is 2. The molecule has 1 aliphatic rings. The van der Waals surface area contributed by atoms with Crippen molar-refractivity contribution in [1.29, 1.82) is 0 Å². The number of para-hydroxylation sites is 2. The van der Waals surface area contributed by atoms with Gasteiger partial charge in [0.15, 0.2) is 5.82 Å². The molecule has 1 aromatic heterocycles. The van der Waals surface area contributed by atoms with Crippen LogP contribution >= 0.6 is 0 Å². The predicted molar refractivity (Wildman–Crippen MR) is 97.3 cm³/mol. The zero-order valence-corrected chi connectivity index (χ0v) is 14.8. The summed E-state index contributed by atoms with van der Waals surface area (Å²) >= 11 is 0. The predicted octanol–water partition coefficient (Wildman–Crippen LogP) is 2.72. The van der Waals surface area contributed by atoms with Crippen LogP contribution in [-0.4, -0.2) is 46.3 Å². The summed E-state index contributed by atoms with van der Waals surface area (Å²) in [5, 5.41) is 3.02. The molecule has 2 N–H and O–H groups in total. The van der Waals surface area contributed by atoms with E-state index in [1.54, 1.807) is 4.90 Å². The molecule has 0 aliphatic carbocycles. The molecule has 2 heterocycles. The second-order valence-electron chi connectivity index (χ2n) is 6.67. The Morgan fingerprint density at radius 2 is 2.00 bits per heavy atom. The quantitative estimate of drug-likeness (QED) is 0.792. The van der Waals surface area contributed by atoms with Gasteiger partial charge in [-0.1, -0.05) is 31.9 Å². The smallest absolute Gasteiger partial charge is 0.289 e. The van der Waals surface area contributed by atoms with E-state index in [-0.39, 0.29) is 17.7 Å². The van der Waals surface area contributed by atoms with Crippen molar-refractivity contribution in [2.45, 2.75) is 39.0 Å². The number of imidazole rings is 1. The van der Waals surface area contributed by atoms with E-state index in [1.807, 2.05) is 24.3 Å². The van der Waals surface area contributed by atoms with Crippen molar-refractivity contribution in [3.05, 3.63) is 30.1 Å². The highest BCUT2D eigenvalue weighted by Crippen LogP contribution is 2.20. The summed E-state index contributed by atoms with van der Waals surface area (Å²) in [6.07, 6.45) is 4.76. The molecule has 3 rings (SSSR count). The highest BCUT2D eigenvalue weighted by Gasteiger charge is 2.28. The Morgan fingerprint density at radius 1 is 1.24 bits per heavy atom. The fourth-order valence-corrected chi connectivity index (χ4v) is 3.28. The van der Waals surface area contributed by atoms with E-state index in [0.717, 1.165) is 36.8 Å². The van der Waals surface area contributed by atoms with Gasteiger partial charge >= 0.3 is 0 Å². The molecule has 1 aliphatic heterocycles. The van der Waals surface area contributed by atoms with Crippen molar-refractivity contribution in [2.24, 2.45) is 5.92 Å². The van der Waals surface area contributed by atoms with Crippen LogP contribution in [0, 0.1) is 5.92 Å². The standard InChI is InChI=1S/C19H26N4O2/c1-2-3-6-11-20-18(24)14-9-12-23(13-10-14)19(25)17-21-15-7-4-5-8-16(15)22-17/h4-5,7-8,14H,2-3,6,9-13H2,1H3,(H,20,24)(H,21,22). The molecule has 0 unspecified atom stereocenters. The van der Waals surface area contributed by atoms with Gasteiger partial charge in [0.2, 0.25) is 5.91 Å². The van der Waals surface area contributed by atoms with Gasteiger partial charge in [0.25, 0.3) is 5.91 Å². The fraction of sp³-hybridized carbons (Fsp3) is 0.526. The average molecular weight is 342 g/mol. The normalized spacial score (nSPS) is 15.5. The number of fused-ring (bicyclic) bond motifs is 1. The minimum atomic E-state index is -0.0852. The number of nitrogens with one attached hydrogen (secondary N) is 2.